The number of aromatic nitrogens is 4. The Morgan fingerprint density at radius 2 is 2.27 bits per heavy atom. The van der Waals surface area contributed by atoms with Gasteiger partial charge in [-0.05, 0) is 6.42 Å². The van der Waals surface area contributed by atoms with Gasteiger partial charge in [-0.25, -0.2) is 15.0 Å². The minimum absolute atomic E-state index is 0.580. The molecule has 0 spiro atoms. The molecule has 0 saturated heterocycles. The van der Waals surface area contributed by atoms with E-state index in [0.29, 0.717) is 5.25 Å². The van der Waals surface area contributed by atoms with E-state index in [-0.39, 0.29) is 0 Å². The summed E-state index contributed by atoms with van der Waals surface area (Å²) in [5.41, 5.74) is 1.70. The molecule has 0 saturated carbocycles. The number of thioether (sulfide) groups is 1. The smallest absolute Gasteiger partial charge is 0.181 e. The second-order valence-electron chi connectivity index (χ2n) is 3.50. The molecule has 0 bridgehead atoms. The summed E-state index contributed by atoms with van der Waals surface area (Å²) in [5, 5.41) is 1.58. The lowest BCUT2D eigenvalue weighted by molar-refractivity contribution is 0.785. The second-order valence-corrected chi connectivity index (χ2v) is 4.92. The van der Waals surface area contributed by atoms with Gasteiger partial charge in [0.1, 0.15) is 16.9 Å². The summed E-state index contributed by atoms with van der Waals surface area (Å²) < 4.78 is 0. The third kappa shape index (κ3) is 2.28. The molecule has 0 aliphatic carbocycles. The highest BCUT2D eigenvalue weighted by Gasteiger charge is 2.09. The van der Waals surface area contributed by atoms with Gasteiger partial charge in [0, 0.05) is 5.25 Å². The van der Waals surface area contributed by atoms with Gasteiger partial charge in [0.05, 0.1) is 6.33 Å². The average Bonchev–Trinajstić information content (AvgIpc) is 2.67. The van der Waals surface area contributed by atoms with E-state index in [1.807, 2.05) is 0 Å². The van der Waals surface area contributed by atoms with Crippen molar-refractivity contribution in [2.24, 2.45) is 0 Å². The lowest BCUT2D eigenvalue weighted by atomic mass is 10.3. The Labute approximate surface area is 92.9 Å². The molecule has 2 heterocycles. The van der Waals surface area contributed by atoms with E-state index >= 15 is 0 Å². The normalized spacial score (nSPS) is 13.2. The van der Waals surface area contributed by atoms with E-state index < -0.39 is 0 Å². The van der Waals surface area contributed by atoms with E-state index in [0.717, 1.165) is 16.2 Å². The minimum atomic E-state index is 0.580. The number of nitrogens with zero attached hydrogens (tertiary/aromatic N) is 3. The quantitative estimate of drug-likeness (QED) is 0.638. The summed E-state index contributed by atoms with van der Waals surface area (Å²) in [7, 11) is 0. The number of nitrogens with one attached hydrogen (secondary N) is 1. The monoisotopic (exact) mass is 222 g/mol. The molecule has 0 fully saturated rings. The molecule has 0 aliphatic heterocycles. The Morgan fingerprint density at radius 1 is 1.40 bits per heavy atom. The first kappa shape index (κ1) is 10.4. The lowest BCUT2D eigenvalue weighted by Gasteiger charge is -2.08. The van der Waals surface area contributed by atoms with Crippen molar-refractivity contribution in [3.05, 3.63) is 12.7 Å². The lowest BCUT2D eigenvalue weighted by Crippen LogP contribution is -1.96. The zero-order valence-corrected chi connectivity index (χ0v) is 9.71. The Morgan fingerprint density at radius 3 is 3.07 bits per heavy atom. The number of H-pyrrole nitrogens is 1. The van der Waals surface area contributed by atoms with Crippen molar-refractivity contribution >= 4 is 22.9 Å². The number of hydrogen-bond donors (Lipinski definition) is 1. The molecule has 1 atom stereocenters. The van der Waals surface area contributed by atoms with Gasteiger partial charge >= 0.3 is 0 Å². The molecule has 0 radical (unpaired) electrons. The fraction of sp³-hybridized carbons (Fsp3) is 0.500. The Hall–Kier alpha value is -1.10. The van der Waals surface area contributed by atoms with Gasteiger partial charge in [-0.1, -0.05) is 20.3 Å². The summed E-state index contributed by atoms with van der Waals surface area (Å²) in [6, 6.07) is 0. The number of aromatic amines is 1. The summed E-state index contributed by atoms with van der Waals surface area (Å²) >= 11 is 1.78. The van der Waals surface area contributed by atoms with Crippen LogP contribution in [0.5, 0.6) is 0 Å². The minimum Gasteiger partial charge on any atom is -0.341 e. The topological polar surface area (TPSA) is 54.5 Å². The van der Waals surface area contributed by atoms with E-state index in [4.69, 9.17) is 0 Å². The van der Waals surface area contributed by atoms with E-state index in [9.17, 15) is 0 Å². The van der Waals surface area contributed by atoms with Crippen LogP contribution in [0.25, 0.3) is 11.2 Å². The van der Waals surface area contributed by atoms with Crippen LogP contribution in [-0.4, -0.2) is 25.2 Å². The maximum absolute atomic E-state index is 4.28. The zero-order valence-electron chi connectivity index (χ0n) is 8.90. The Balaban J connectivity index is 2.23. The Bertz CT molecular complexity index is 440. The second kappa shape index (κ2) is 4.61. The SMILES string of the molecule is CCC[C@@H](C)Sc1ncnc2nc[nH]c12. The van der Waals surface area contributed by atoms with E-state index in [1.165, 1.54) is 12.8 Å². The molecule has 2 rings (SSSR count). The average molecular weight is 222 g/mol. The number of imidazole rings is 1. The van der Waals surface area contributed by atoms with Gasteiger partial charge in [-0.3, -0.25) is 0 Å². The third-order valence-electron chi connectivity index (χ3n) is 2.20. The van der Waals surface area contributed by atoms with Crippen LogP contribution in [0.2, 0.25) is 0 Å². The molecule has 0 amide bonds. The molecule has 15 heavy (non-hydrogen) atoms. The maximum Gasteiger partial charge on any atom is 0.181 e. The van der Waals surface area contributed by atoms with Crippen molar-refractivity contribution in [2.75, 3.05) is 0 Å². The summed E-state index contributed by atoms with van der Waals surface area (Å²) in [5.74, 6) is 0. The van der Waals surface area contributed by atoms with Crippen molar-refractivity contribution in [2.45, 2.75) is 37.0 Å². The van der Waals surface area contributed by atoms with Crippen LogP contribution < -0.4 is 0 Å². The summed E-state index contributed by atoms with van der Waals surface area (Å²) in [6.07, 6.45) is 5.63. The van der Waals surface area contributed by atoms with Crippen LogP contribution in [0, 0.1) is 0 Å². The predicted octanol–water partition coefficient (Wildman–Crippen LogP) is 2.63. The Kier molecular flexibility index (Phi) is 3.20. The van der Waals surface area contributed by atoms with Gasteiger partial charge in [0.15, 0.2) is 5.65 Å². The van der Waals surface area contributed by atoms with Crippen LogP contribution in [-0.2, 0) is 0 Å². The largest absolute Gasteiger partial charge is 0.341 e. The van der Waals surface area contributed by atoms with Crippen molar-refractivity contribution in [1.82, 2.24) is 19.9 Å². The van der Waals surface area contributed by atoms with Gasteiger partial charge in [0.2, 0.25) is 0 Å². The number of hydrogen-bond acceptors (Lipinski definition) is 4. The molecule has 0 unspecified atom stereocenters. The zero-order chi connectivity index (χ0) is 10.7. The van der Waals surface area contributed by atoms with E-state index in [1.54, 1.807) is 24.4 Å². The van der Waals surface area contributed by atoms with Crippen LogP contribution in [0.15, 0.2) is 17.7 Å². The molecule has 4 nitrogen and oxygen atoms in total. The summed E-state index contributed by atoms with van der Waals surface area (Å²) in [6.45, 7) is 4.42. The maximum atomic E-state index is 4.28. The van der Waals surface area contributed by atoms with Crippen molar-refractivity contribution in [3.63, 3.8) is 0 Å². The highest BCUT2D eigenvalue weighted by Crippen LogP contribution is 2.27. The molecule has 80 valence electrons. The molecule has 2 aromatic heterocycles. The molecule has 5 heteroatoms. The predicted molar refractivity (Wildman–Crippen MR) is 61.9 cm³/mol. The molecule has 0 aliphatic rings. The van der Waals surface area contributed by atoms with Gasteiger partial charge < -0.3 is 4.98 Å². The molecule has 1 N–H and O–H groups in total. The summed E-state index contributed by atoms with van der Waals surface area (Å²) in [4.78, 5) is 15.6. The number of fused-ring (bicyclic) bond motifs is 1. The van der Waals surface area contributed by atoms with Crippen molar-refractivity contribution in [3.8, 4) is 0 Å². The highest BCUT2D eigenvalue weighted by atomic mass is 32.2. The molecule has 0 aromatic carbocycles. The van der Waals surface area contributed by atoms with Crippen LogP contribution in [0.1, 0.15) is 26.7 Å². The van der Waals surface area contributed by atoms with Crippen molar-refractivity contribution < 1.29 is 0 Å². The van der Waals surface area contributed by atoms with Crippen LogP contribution in [0.4, 0.5) is 0 Å². The van der Waals surface area contributed by atoms with E-state index in [2.05, 4.69) is 33.8 Å². The first-order chi connectivity index (χ1) is 7.31. The van der Waals surface area contributed by atoms with Crippen LogP contribution in [0.3, 0.4) is 0 Å². The van der Waals surface area contributed by atoms with Crippen LogP contribution >= 0.6 is 11.8 Å². The van der Waals surface area contributed by atoms with Crippen molar-refractivity contribution in [1.29, 1.82) is 0 Å². The molecular formula is C10H14N4S. The third-order valence-corrected chi connectivity index (χ3v) is 3.37. The van der Waals surface area contributed by atoms with Gasteiger partial charge in [-0.15, -0.1) is 11.8 Å². The fourth-order valence-electron chi connectivity index (χ4n) is 1.49. The first-order valence-corrected chi connectivity index (χ1v) is 6.00. The van der Waals surface area contributed by atoms with Gasteiger partial charge in [-0.2, -0.15) is 0 Å². The van der Waals surface area contributed by atoms with Gasteiger partial charge in [0.25, 0.3) is 0 Å². The standard InChI is InChI=1S/C10H14N4S/c1-3-4-7(2)15-10-8-9(12-5-11-8)13-6-14-10/h5-7H,3-4H2,1-2H3,(H,11,12,13,14)/t7-/m1/s1. The highest BCUT2D eigenvalue weighted by molar-refractivity contribution is 8.00. The fourth-order valence-corrected chi connectivity index (χ4v) is 2.60. The molecule has 2 aromatic rings. The first-order valence-electron chi connectivity index (χ1n) is 5.12. The molecular weight excluding hydrogens is 208 g/mol. The number of rotatable bonds is 4.